The Hall–Kier alpha value is -0.860. The van der Waals surface area contributed by atoms with Crippen molar-refractivity contribution in [3.05, 3.63) is 35.4 Å². The van der Waals surface area contributed by atoms with Gasteiger partial charge in [-0.15, -0.1) is 24.0 Å². The Morgan fingerprint density at radius 1 is 1.15 bits per heavy atom. The monoisotopic (exact) mass is 488 g/mol. The summed E-state index contributed by atoms with van der Waals surface area (Å²) in [6, 6.07) is 8.43. The summed E-state index contributed by atoms with van der Waals surface area (Å²) in [6.45, 7) is 12.2. The first-order chi connectivity index (χ1) is 12.5. The summed E-state index contributed by atoms with van der Waals surface area (Å²) in [4.78, 5) is 7.37. The smallest absolute Gasteiger partial charge is 0.191 e. The lowest BCUT2D eigenvalue weighted by Crippen LogP contribution is -2.54. The molecule has 0 atom stereocenters. The van der Waals surface area contributed by atoms with Gasteiger partial charge in [0.2, 0.25) is 0 Å². The second-order valence-corrected chi connectivity index (χ2v) is 7.66. The SMILES string of the molecule is CCNC(=NCc1cccc(COC)c1)NCC(C)(C)N1CCCCC1.I. The van der Waals surface area contributed by atoms with Crippen LogP contribution in [0.15, 0.2) is 29.3 Å². The standard InChI is InChI=1S/C21H36N4O.HI/c1-5-22-20(23-15-18-10-9-11-19(14-18)16-26-4)24-17-21(2,3)25-12-7-6-8-13-25;/h9-11,14H,5-8,12-13,15-17H2,1-4H3,(H2,22,23,24);1H. The molecule has 2 rings (SSSR count). The first-order valence-corrected chi connectivity index (χ1v) is 9.89. The van der Waals surface area contributed by atoms with Crippen molar-refractivity contribution in [2.75, 3.05) is 33.3 Å². The van der Waals surface area contributed by atoms with E-state index in [0.717, 1.165) is 19.0 Å². The number of aliphatic imine (C=N–C) groups is 1. The minimum Gasteiger partial charge on any atom is -0.380 e. The van der Waals surface area contributed by atoms with Crippen LogP contribution < -0.4 is 10.6 Å². The number of nitrogens with zero attached hydrogens (tertiary/aromatic N) is 2. The van der Waals surface area contributed by atoms with Crippen molar-refractivity contribution < 1.29 is 4.74 Å². The molecule has 1 saturated heterocycles. The van der Waals surface area contributed by atoms with Gasteiger partial charge >= 0.3 is 0 Å². The van der Waals surface area contributed by atoms with Crippen molar-refractivity contribution in [2.24, 2.45) is 4.99 Å². The van der Waals surface area contributed by atoms with Gasteiger partial charge in [0.25, 0.3) is 0 Å². The second-order valence-electron chi connectivity index (χ2n) is 7.66. The van der Waals surface area contributed by atoms with Crippen molar-refractivity contribution in [3.63, 3.8) is 0 Å². The average Bonchev–Trinajstić information content (AvgIpc) is 2.65. The maximum absolute atomic E-state index is 5.22. The van der Waals surface area contributed by atoms with Crippen LogP contribution in [-0.4, -0.2) is 49.7 Å². The molecule has 1 aromatic rings. The first-order valence-electron chi connectivity index (χ1n) is 9.89. The van der Waals surface area contributed by atoms with Crippen molar-refractivity contribution in [2.45, 2.75) is 58.7 Å². The van der Waals surface area contributed by atoms with Gasteiger partial charge in [0.1, 0.15) is 0 Å². The molecule has 1 fully saturated rings. The number of piperidine rings is 1. The summed E-state index contributed by atoms with van der Waals surface area (Å²) >= 11 is 0. The van der Waals surface area contributed by atoms with Crippen LogP contribution in [0.3, 0.4) is 0 Å². The molecule has 27 heavy (non-hydrogen) atoms. The van der Waals surface area contributed by atoms with Crippen LogP contribution in [-0.2, 0) is 17.9 Å². The van der Waals surface area contributed by atoms with Crippen molar-refractivity contribution in [1.29, 1.82) is 0 Å². The number of nitrogens with one attached hydrogen (secondary N) is 2. The predicted molar refractivity (Wildman–Crippen MR) is 125 cm³/mol. The van der Waals surface area contributed by atoms with E-state index in [4.69, 9.17) is 9.73 Å². The molecule has 0 saturated carbocycles. The van der Waals surface area contributed by atoms with Gasteiger partial charge in [0.15, 0.2) is 5.96 Å². The highest BCUT2D eigenvalue weighted by atomic mass is 127. The average molecular weight is 488 g/mol. The minimum atomic E-state index is 0. The van der Waals surface area contributed by atoms with Gasteiger partial charge in [-0.3, -0.25) is 4.90 Å². The molecule has 1 heterocycles. The molecule has 0 radical (unpaired) electrons. The van der Waals surface area contributed by atoms with Crippen LogP contribution in [0.1, 0.15) is 51.2 Å². The molecular formula is C21H37IN4O. The molecule has 5 nitrogen and oxygen atoms in total. The van der Waals surface area contributed by atoms with Crippen LogP contribution >= 0.6 is 24.0 Å². The zero-order chi connectivity index (χ0) is 18.8. The van der Waals surface area contributed by atoms with E-state index in [2.05, 4.69) is 60.6 Å². The number of hydrogen-bond acceptors (Lipinski definition) is 3. The Morgan fingerprint density at radius 2 is 1.85 bits per heavy atom. The fraction of sp³-hybridized carbons (Fsp3) is 0.667. The number of guanidine groups is 1. The van der Waals surface area contributed by atoms with Gasteiger partial charge in [-0.05, 0) is 57.8 Å². The molecule has 0 bridgehead atoms. The minimum absolute atomic E-state index is 0. The van der Waals surface area contributed by atoms with Crippen molar-refractivity contribution in [1.82, 2.24) is 15.5 Å². The Bertz CT molecular complexity index is 571. The van der Waals surface area contributed by atoms with Gasteiger partial charge in [-0.2, -0.15) is 0 Å². The van der Waals surface area contributed by atoms with Gasteiger partial charge in [0.05, 0.1) is 13.2 Å². The highest BCUT2D eigenvalue weighted by Gasteiger charge is 2.27. The third kappa shape index (κ3) is 8.35. The van der Waals surface area contributed by atoms with Crippen molar-refractivity contribution >= 4 is 29.9 Å². The van der Waals surface area contributed by atoms with Gasteiger partial charge in [-0.1, -0.05) is 30.7 Å². The summed E-state index contributed by atoms with van der Waals surface area (Å²) in [5.41, 5.74) is 2.52. The van der Waals surface area contributed by atoms with Crippen molar-refractivity contribution in [3.8, 4) is 0 Å². The summed E-state index contributed by atoms with van der Waals surface area (Å²) in [6.07, 6.45) is 4.00. The topological polar surface area (TPSA) is 48.9 Å². The fourth-order valence-electron chi connectivity index (χ4n) is 3.41. The number of benzene rings is 1. The lowest BCUT2D eigenvalue weighted by Gasteiger charge is -2.41. The largest absolute Gasteiger partial charge is 0.380 e. The number of hydrogen-bond donors (Lipinski definition) is 2. The van der Waals surface area contributed by atoms with E-state index in [9.17, 15) is 0 Å². The molecule has 0 aromatic heterocycles. The maximum atomic E-state index is 5.22. The molecule has 1 aromatic carbocycles. The summed E-state index contributed by atoms with van der Waals surface area (Å²) in [5.74, 6) is 0.884. The van der Waals surface area contributed by atoms with Crippen LogP contribution in [0, 0.1) is 0 Å². The highest BCUT2D eigenvalue weighted by Crippen LogP contribution is 2.19. The molecule has 2 N–H and O–H groups in total. The molecule has 1 aliphatic heterocycles. The van der Waals surface area contributed by atoms with Gasteiger partial charge in [0, 0.05) is 25.7 Å². The highest BCUT2D eigenvalue weighted by molar-refractivity contribution is 14.0. The van der Waals surface area contributed by atoms with E-state index in [-0.39, 0.29) is 29.5 Å². The number of methoxy groups -OCH3 is 1. The molecule has 0 unspecified atom stereocenters. The Balaban J connectivity index is 0.00000364. The molecule has 6 heteroatoms. The Labute approximate surface area is 182 Å². The molecule has 0 aliphatic carbocycles. The second kappa shape index (κ2) is 12.6. The van der Waals surface area contributed by atoms with E-state index in [1.54, 1.807) is 7.11 Å². The zero-order valence-electron chi connectivity index (χ0n) is 17.4. The third-order valence-corrected chi connectivity index (χ3v) is 4.97. The lowest BCUT2D eigenvalue weighted by molar-refractivity contribution is 0.0982. The molecular weight excluding hydrogens is 451 g/mol. The number of likely N-dealkylation sites (tertiary alicyclic amines) is 1. The fourth-order valence-corrected chi connectivity index (χ4v) is 3.41. The Morgan fingerprint density at radius 3 is 2.52 bits per heavy atom. The quantitative estimate of drug-likeness (QED) is 0.332. The number of halogens is 1. The maximum Gasteiger partial charge on any atom is 0.191 e. The van der Waals surface area contributed by atoms with E-state index in [1.807, 2.05) is 0 Å². The molecule has 154 valence electrons. The zero-order valence-corrected chi connectivity index (χ0v) is 19.7. The van der Waals surface area contributed by atoms with E-state index in [0.29, 0.717) is 13.2 Å². The predicted octanol–water partition coefficient (Wildman–Crippen LogP) is 3.77. The summed E-state index contributed by atoms with van der Waals surface area (Å²) in [7, 11) is 1.72. The van der Waals surface area contributed by atoms with Crippen LogP contribution in [0.4, 0.5) is 0 Å². The summed E-state index contributed by atoms with van der Waals surface area (Å²) in [5, 5.41) is 6.90. The van der Waals surface area contributed by atoms with Crippen LogP contribution in [0.2, 0.25) is 0 Å². The first kappa shape index (κ1) is 24.2. The third-order valence-electron chi connectivity index (χ3n) is 4.97. The number of rotatable bonds is 8. The normalized spacial score (nSPS) is 15.9. The van der Waals surface area contributed by atoms with Crippen LogP contribution in [0.25, 0.3) is 0 Å². The molecule has 1 aliphatic rings. The summed E-state index contributed by atoms with van der Waals surface area (Å²) < 4.78 is 5.22. The Kier molecular flexibility index (Phi) is 11.3. The van der Waals surface area contributed by atoms with Crippen LogP contribution in [0.5, 0.6) is 0 Å². The van der Waals surface area contributed by atoms with E-state index in [1.165, 1.54) is 43.5 Å². The van der Waals surface area contributed by atoms with E-state index < -0.39 is 0 Å². The molecule has 0 spiro atoms. The van der Waals surface area contributed by atoms with Gasteiger partial charge in [-0.25, -0.2) is 4.99 Å². The number of ether oxygens (including phenoxy) is 1. The lowest BCUT2D eigenvalue weighted by atomic mass is 9.98. The van der Waals surface area contributed by atoms with E-state index >= 15 is 0 Å². The molecule has 0 amide bonds. The van der Waals surface area contributed by atoms with Gasteiger partial charge < -0.3 is 15.4 Å².